The minimum Gasteiger partial charge on any atom is -0.493 e. The van der Waals surface area contributed by atoms with Gasteiger partial charge in [0.1, 0.15) is 0 Å². The van der Waals surface area contributed by atoms with E-state index in [4.69, 9.17) is 26.8 Å². The molecule has 0 heterocycles. The van der Waals surface area contributed by atoms with Crippen molar-refractivity contribution in [2.45, 2.75) is 17.7 Å². The van der Waals surface area contributed by atoms with Crippen LogP contribution in [0.25, 0.3) is 0 Å². The van der Waals surface area contributed by atoms with E-state index < -0.39 is 15.9 Å². The van der Waals surface area contributed by atoms with E-state index in [2.05, 4.69) is 4.72 Å². The molecule has 0 saturated heterocycles. The number of nitrogens with two attached hydrogens (primary N) is 1. The van der Waals surface area contributed by atoms with E-state index in [0.717, 1.165) is 18.4 Å². The molecule has 9 heteroatoms. The van der Waals surface area contributed by atoms with Crippen molar-refractivity contribution < 1.29 is 22.7 Å². The zero-order valence-electron chi connectivity index (χ0n) is 15.0. The number of amides is 1. The fourth-order valence-corrected chi connectivity index (χ4v) is 3.68. The largest absolute Gasteiger partial charge is 0.493 e. The van der Waals surface area contributed by atoms with Gasteiger partial charge in [-0.15, -0.1) is 11.6 Å². The maximum atomic E-state index is 12.7. The molecular weight excluding hydrogens is 392 g/mol. The van der Waals surface area contributed by atoms with Crippen LogP contribution in [0.15, 0.2) is 41.3 Å². The molecule has 0 spiro atoms. The first-order chi connectivity index (χ1) is 12.8. The van der Waals surface area contributed by atoms with Crippen LogP contribution in [0.5, 0.6) is 11.5 Å². The number of aryl methyl sites for hydroxylation is 1. The molecule has 3 N–H and O–H groups in total. The second-order valence-electron chi connectivity index (χ2n) is 5.66. The van der Waals surface area contributed by atoms with Gasteiger partial charge in [0.05, 0.1) is 30.4 Å². The van der Waals surface area contributed by atoms with Crippen molar-refractivity contribution in [3.63, 3.8) is 0 Å². The average molecular weight is 413 g/mol. The molecule has 7 nitrogen and oxygen atoms in total. The Morgan fingerprint density at radius 3 is 2.22 bits per heavy atom. The topological polar surface area (TPSA) is 108 Å². The van der Waals surface area contributed by atoms with Crippen molar-refractivity contribution in [3.8, 4) is 11.5 Å². The molecule has 0 radical (unpaired) electrons. The highest BCUT2D eigenvalue weighted by Gasteiger charge is 2.21. The Morgan fingerprint density at radius 2 is 1.70 bits per heavy atom. The second kappa shape index (κ2) is 8.96. The highest BCUT2D eigenvalue weighted by molar-refractivity contribution is 7.92. The summed E-state index contributed by atoms with van der Waals surface area (Å²) in [5.74, 6) is 0.260. The monoisotopic (exact) mass is 412 g/mol. The molecule has 0 aromatic heterocycles. The number of primary amides is 1. The summed E-state index contributed by atoms with van der Waals surface area (Å²) in [6, 6.07) is 9.13. The summed E-state index contributed by atoms with van der Waals surface area (Å²) in [7, 11) is -1.13. The lowest BCUT2D eigenvalue weighted by Gasteiger charge is -2.15. The molecule has 0 unspecified atom stereocenters. The predicted molar refractivity (Wildman–Crippen MR) is 104 cm³/mol. The van der Waals surface area contributed by atoms with E-state index >= 15 is 0 Å². The van der Waals surface area contributed by atoms with E-state index in [1.807, 2.05) is 0 Å². The van der Waals surface area contributed by atoms with Gasteiger partial charge >= 0.3 is 0 Å². The van der Waals surface area contributed by atoms with Crippen molar-refractivity contribution >= 4 is 33.2 Å². The number of sulfonamides is 1. The summed E-state index contributed by atoms with van der Waals surface area (Å²) in [5.41, 5.74) is 6.33. The molecule has 0 fully saturated rings. The summed E-state index contributed by atoms with van der Waals surface area (Å²) >= 11 is 5.67. The van der Waals surface area contributed by atoms with Gasteiger partial charge in [-0.25, -0.2) is 8.42 Å². The van der Waals surface area contributed by atoms with Crippen LogP contribution in [-0.2, 0) is 16.4 Å². The van der Waals surface area contributed by atoms with Gasteiger partial charge in [-0.05, 0) is 36.6 Å². The van der Waals surface area contributed by atoms with E-state index in [-0.39, 0.29) is 27.6 Å². The van der Waals surface area contributed by atoms with Crippen LogP contribution < -0.4 is 19.9 Å². The predicted octanol–water partition coefficient (Wildman–Crippen LogP) is 2.77. The lowest BCUT2D eigenvalue weighted by Crippen LogP contribution is -2.19. The highest BCUT2D eigenvalue weighted by atomic mass is 35.5. The van der Waals surface area contributed by atoms with Crippen LogP contribution in [0.1, 0.15) is 22.3 Å². The number of hydrogen-bond acceptors (Lipinski definition) is 5. The average Bonchev–Trinajstić information content (AvgIpc) is 2.65. The third kappa shape index (κ3) is 5.05. The molecule has 2 aromatic rings. The Balaban J connectivity index is 2.37. The number of nitrogens with one attached hydrogen (secondary N) is 1. The van der Waals surface area contributed by atoms with E-state index in [1.165, 1.54) is 38.5 Å². The number of alkyl halides is 1. The Labute approximate surface area is 163 Å². The molecule has 0 atom stereocenters. The third-order valence-corrected chi connectivity index (χ3v) is 5.51. The summed E-state index contributed by atoms with van der Waals surface area (Å²) in [6.45, 7) is 0. The second-order valence-corrected chi connectivity index (χ2v) is 7.72. The maximum Gasteiger partial charge on any atom is 0.261 e. The molecule has 0 aliphatic heterocycles. The smallest absolute Gasteiger partial charge is 0.261 e. The van der Waals surface area contributed by atoms with Crippen LogP contribution in [0.3, 0.4) is 0 Å². The molecule has 1 amide bonds. The Kier molecular flexibility index (Phi) is 6.92. The first kappa shape index (κ1) is 20.9. The van der Waals surface area contributed by atoms with Crippen molar-refractivity contribution in [3.05, 3.63) is 47.5 Å². The van der Waals surface area contributed by atoms with Gasteiger partial charge in [0.15, 0.2) is 11.5 Å². The molecule has 2 rings (SSSR count). The molecular formula is C18H21ClN2O5S. The number of hydrogen-bond donors (Lipinski definition) is 2. The van der Waals surface area contributed by atoms with E-state index in [0.29, 0.717) is 5.88 Å². The molecule has 0 aliphatic carbocycles. The van der Waals surface area contributed by atoms with Gasteiger partial charge in [-0.3, -0.25) is 9.52 Å². The normalized spacial score (nSPS) is 11.1. The Bertz CT molecular complexity index is 914. The van der Waals surface area contributed by atoms with Crippen molar-refractivity contribution in [1.82, 2.24) is 0 Å². The van der Waals surface area contributed by atoms with Gasteiger partial charge in [0, 0.05) is 11.9 Å². The van der Waals surface area contributed by atoms with E-state index in [1.54, 1.807) is 12.1 Å². The Hall–Kier alpha value is -2.45. The zero-order valence-corrected chi connectivity index (χ0v) is 16.6. The summed E-state index contributed by atoms with van der Waals surface area (Å²) in [5, 5.41) is 0. The Morgan fingerprint density at radius 1 is 1.11 bits per heavy atom. The molecule has 0 aliphatic rings. The number of anilines is 1. The lowest BCUT2D eigenvalue weighted by molar-refractivity contribution is 0.100. The van der Waals surface area contributed by atoms with Gasteiger partial charge in [-0.2, -0.15) is 0 Å². The van der Waals surface area contributed by atoms with Gasteiger partial charge in [0.2, 0.25) is 0 Å². The number of methoxy groups -OCH3 is 2. The van der Waals surface area contributed by atoms with Crippen molar-refractivity contribution in [1.29, 1.82) is 0 Å². The first-order valence-electron chi connectivity index (χ1n) is 8.06. The van der Waals surface area contributed by atoms with Crippen molar-refractivity contribution in [2.24, 2.45) is 5.73 Å². The molecule has 27 heavy (non-hydrogen) atoms. The summed E-state index contributed by atoms with van der Waals surface area (Å²) in [6.07, 6.45) is 1.57. The van der Waals surface area contributed by atoms with Crippen LogP contribution in [0.4, 0.5) is 5.69 Å². The molecule has 0 saturated carbocycles. The standard InChI is InChI=1S/C18H21ClN2O5S/c1-25-16-10-14(18(20)22)15(11-17(16)26-2)21-27(23,24)13-7-5-12(6-8-13)4-3-9-19/h5-8,10-11,21H,3-4,9H2,1-2H3,(H2,20,22). The number of carbonyl (C=O) groups excluding carboxylic acids is 1. The van der Waals surface area contributed by atoms with Crippen LogP contribution >= 0.6 is 11.6 Å². The number of carbonyl (C=O) groups is 1. The SMILES string of the molecule is COc1cc(NS(=O)(=O)c2ccc(CCCCl)cc2)c(C(N)=O)cc1OC. The third-order valence-electron chi connectivity index (χ3n) is 3.87. The molecule has 146 valence electrons. The van der Waals surface area contributed by atoms with Crippen LogP contribution in [0, 0.1) is 0 Å². The fraction of sp³-hybridized carbons (Fsp3) is 0.278. The zero-order chi connectivity index (χ0) is 20.0. The maximum absolute atomic E-state index is 12.7. The number of ether oxygens (including phenoxy) is 2. The van der Waals surface area contributed by atoms with Crippen LogP contribution in [-0.4, -0.2) is 34.4 Å². The van der Waals surface area contributed by atoms with Gasteiger partial charge in [-0.1, -0.05) is 12.1 Å². The minimum absolute atomic E-state index is 0.00589. The number of benzene rings is 2. The van der Waals surface area contributed by atoms with Gasteiger partial charge in [0.25, 0.3) is 15.9 Å². The quantitative estimate of drug-likeness (QED) is 0.615. The summed E-state index contributed by atoms with van der Waals surface area (Å²) in [4.78, 5) is 11.8. The summed E-state index contributed by atoms with van der Waals surface area (Å²) < 4.78 is 38.1. The minimum atomic E-state index is -3.93. The van der Waals surface area contributed by atoms with E-state index in [9.17, 15) is 13.2 Å². The van der Waals surface area contributed by atoms with Crippen LogP contribution in [0.2, 0.25) is 0 Å². The van der Waals surface area contributed by atoms with Crippen molar-refractivity contribution in [2.75, 3.05) is 24.8 Å². The van der Waals surface area contributed by atoms with Gasteiger partial charge < -0.3 is 15.2 Å². The first-order valence-corrected chi connectivity index (χ1v) is 10.1. The molecule has 2 aromatic carbocycles. The lowest BCUT2D eigenvalue weighted by atomic mass is 10.1. The fourth-order valence-electron chi connectivity index (χ4n) is 2.48. The highest BCUT2D eigenvalue weighted by Crippen LogP contribution is 2.34. The number of rotatable bonds is 9. The molecule has 0 bridgehead atoms. The number of halogens is 1.